The van der Waals surface area contributed by atoms with E-state index in [-0.39, 0.29) is 0 Å². The van der Waals surface area contributed by atoms with E-state index in [9.17, 15) is 0 Å². The molecule has 44 valence electrons. The summed E-state index contributed by atoms with van der Waals surface area (Å²) in [6.07, 6.45) is 3.30. The van der Waals surface area contributed by atoms with Crippen molar-refractivity contribution in [2.75, 3.05) is 0 Å². The largest absolute Gasteiger partial charge is 0.0797 e. The molecule has 0 aromatic rings. The summed E-state index contributed by atoms with van der Waals surface area (Å²) in [5.74, 6) is 0.459. The predicted molar refractivity (Wildman–Crippen MR) is 33.1 cm³/mol. The van der Waals surface area contributed by atoms with Crippen LogP contribution >= 0.6 is 0 Å². The highest BCUT2D eigenvalue weighted by molar-refractivity contribution is 4.82. The maximum atomic E-state index is 7.79. The average Bonchev–Trinajstić information content (AvgIpc) is 1.66. The van der Waals surface area contributed by atoms with Gasteiger partial charge in [0, 0.05) is 4.91 Å². The van der Waals surface area contributed by atoms with Crippen LogP contribution in [0.25, 0.3) is 10.4 Å². The van der Waals surface area contributed by atoms with Gasteiger partial charge in [-0.2, -0.15) is 0 Å². The third-order valence-electron chi connectivity index (χ3n) is 0.589. The highest BCUT2D eigenvalue weighted by Gasteiger charge is 1.78. The van der Waals surface area contributed by atoms with Gasteiger partial charge >= 0.3 is 0 Å². The SMILES string of the molecule is CC(C)C=CN=[N+]=[N-]. The number of hydrogen-bond donors (Lipinski definition) is 0. The monoisotopic (exact) mass is 111 g/mol. The molecule has 0 fully saturated rings. The molecule has 0 saturated carbocycles. The van der Waals surface area contributed by atoms with Crippen molar-refractivity contribution in [3.63, 3.8) is 0 Å². The van der Waals surface area contributed by atoms with E-state index in [4.69, 9.17) is 5.53 Å². The van der Waals surface area contributed by atoms with Crippen molar-refractivity contribution < 1.29 is 0 Å². The van der Waals surface area contributed by atoms with Crippen molar-refractivity contribution in [2.24, 2.45) is 11.0 Å². The summed E-state index contributed by atoms with van der Waals surface area (Å²) in [4.78, 5) is 2.55. The van der Waals surface area contributed by atoms with Gasteiger partial charge in [-0.05, 0) is 17.6 Å². The van der Waals surface area contributed by atoms with Crippen molar-refractivity contribution >= 4 is 0 Å². The van der Waals surface area contributed by atoms with Gasteiger partial charge in [-0.3, -0.25) is 0 Å². The zero-order valence-electron chi connectivity index (χ0n) is 5.07. The van der Waals surface area contributed by atoms with Crippen LogP contribution in [0.5, 0.6) is 0 Å². The minimum atomic E-state index is 0.459. The summed E-state index contributed by atoms with van der Waals surface area (Å²) in [5.41, 5.74) is 7.79. The zero-order valence-corrected chi connectivity index (χ0v) is 5.07. The van der Waals surface area contributed by atoms with Crippen molar-refractivity contribution in [1.82, 2.24) is 0 Å². The Labute approximate surface area is 48.6 Å². The lowest BCUT2D eigenvalue weighted by Crippen LogP contribution is -1.73. The summed E-state index contributed by atoms with van der Waals surface area (Å²) >= 11 is 0. The van der Waals surface area contributed by atoms with Crippen molar-refractivity contribution in [3.8, 4) is 0 Å². The standard InChI is InChI=1S/C5H9N3/c1-5(2)3-4-7-8-6/h3-5H,1-2H3. The van der Waals surface area contributed by atoms with Gasteiger partial charge in [-0.25, -0.2) is 0 Å². The Kier molecular flexibility index (Phi) is 3.71. The number of rotatable bonds is 2. The lowest BCUT2D eigenvalue weighted by Gasteiger charge is -1.87. The first-order chi connectivity index (χ1) is 3.77. The molecular formula is C5H9N3. The van der Waals surface area contributed by atoms with Crippen molar-refractivity contribution in [1.29, 1.82) is 0 Å². The van der Waals surface area contributed by atoms with Gasteiger partial charge < -0.3 is 0 Å². The first kappa shape index (κ1) is 7.05. The van der Waals surface area contributed by atoms with Crippen LogP contribution in [0.3, 0.4) is 0 Å². The second-order valence-electron chi connectivity index (χ2n) is 1.79. The summed E-state index contributed by atoms with van der Waals surface area (Å²) < 4.78 is 0. The molecule has 0 saturated heterocycles. The fraction of sp³-hybridized carbons (Fsp3) is 0.600. The second-order valence-corrected chi connectivity index (χ2v) is 1.79. The maximum Gasteiger partial charge on any atom is 0.00474 e. The predicted octanol–water partition coefficient (Wildman–Crippen LogP) is 2.47. The van der Waals surface area contributed by atoms with E-state index >= 15 is 0 Å². The molecule has 0 heterocycles. The zero-order chi connectivity index (χ0) is 6.41. The number of nitrogens with zero attached hydrogens (tertiary/aromatic N) is 3. The van der Waals surface area contributed by atoms with Crippen LogP contribution in [-0.4, -0.2) is 0 Å². The molecular weight excluding hydrogens is 102 g/mol. The molecule has 0 rings (SSSR count). The topological polar surface area (TPSA) is 48.8 Å². The molecule has 0 radical (unpaired) electrons. The van der Waals surface area contributed by atoms with Crippen LogP contribution in [-0.2, 0) is 0 Å². The Morgan fingerprint density at radius 1 is 1.62 bits per heavy atom. The van der Waals surface area contributed by atoms with Crippen LogP contribution in [0.15, 0.2) is 17.4 Å². The van der Waals surface area contributed by atoms with Crippen LogP contribution in [0.4, 0.5) is 0 Å². The first-order valence-corrected chi connectivity index (χ1v) is 2.48. The molecule has 3 nitrogen and oxygen atoms in total. The summed E-state index contributed by atoms with van der Waals surface area (Å²) in [6.45, 7) is 4.03. The molecule has 0 aromatic carbocycles. The molecule has 8 heavy (non-hydrogen) atoms. The molecule has 0 aliphatic carbocycles. The van der Waals surface area contributed by atoms with Crippen molar-refractivity contribution in [2.45, 2.75) is 13.8 Å². The van der Waals surface area contributed by atoms with Gasteiger partial charge in [0.1, 0.15) is 0 Å². The lowest BCUT2D eigenvalue weighted by molar-refractivity contribution is 0.829. The van der Waals surface area contributed by atoms with E-state index in [1.165, 1.54) is 6.20 Å². The van der Waals surface area contributed by atoms with E-state index in [0.717, 1.165) is 0 Å². The van der Waals surface area contributed by atoms with E-state index in [1.807, 2.05) is 19.9 Å². The maximum absolute atomic E-state index is 7.79. The van der Waals surface area contributed by atoms with E-state index in [2.05, 4.69) is 10.0 Å². The van der Waals surface area contributed by atoms with Crippen LogP contribution in [0.2, 0.25) is 0 Å². The fourth-order valence-corrected chi connectivity index (χ4v) is 0.240. The molecule has 0 N–H and O–H groups in total. The Morgan fingerprint density at radius 3 is 2.62 bits per heavy atom. The highest BCUT2D eigenvalue weighted by Crippen LogP contribution is 1.92. The molecule has 0 amide bonds. The minimum Gasteiger partial charge on any atom is -0.0797 e. The Bertz CT molecular complexity index is 120. The molecule has 0 atom stereocenters. The van der Waals surface area contributed by atoms with Gasteiger partial charge in [-0.1, -0.05) is 25.0 Å². The molecule has 0 spiro atoms. The number of hydrogen-bond acceptors (Lipinski definition) is 1. The van der Waals surface area contributed by atoms with Crippen LogP contribution < -0.4 is 0 Å². The summed E-state index contributed by atoms with van der Waals surface area (Å²) in [7, 11) is 0. The third-order valence-corrected chi connectivity index (χ3v) is 0.589. The lowest BCUT2D eigenvalue weighted by atomic mass is 10.2. The van der Waals surface area contributed by atoms with Gasteiger partial charge in [0.2, 0.25) is 0 Å². The van der Waals surface area contributed by atoms with E-state index in [1.54, 1.807) is 0 Å². The highest BCUT2D eigenvalue weighted by atomic mass is 15.1. The molecule has 0 aliphatic rings. The second kappa shape index (κ2) is 4.22. The number of azide groups is 1. The minimum absolute atomic E-state index is 0.459. The fourth-order valence-electron chi connectivity index (χ4n) is 0.240. The Morgan fingerprint density at radius 2 is 2.25 bits per heavy atom. The van der Waals surface area contributed by atoms with E-state index < -0.39 is 0 Å². The molecule has 0 bridgehead atoms. The van der Waals surface area contributed by atoms with E-state index in [0.29, 0.717) is 5.92 Å². The van der Waals surface area contributed by atoms with Gasteiger partial charge in [-0.15, -0.1) is 0 Å². The van der Waals surface area contributed by atoms with Crippen LogP contribution in [0.1, 0.15) is 13.8 Å². The third kappa shape index (κ3) is 5.05. The average molecular weight is 111 g/mol. The number of allylic oxidation sites excluding steroid dienone is 1. The summed E-state index contributed by atoms with van der Waals surface area (Å²) in [6, 6.07) is 0. The smallest absolute Gasteiger partial charge is 0.00474 e. The van der Waals surface area contributed by atoms with Crippen molar-refractivity contribution in [3.05, 3.63) is 22.7 Å². The van der Waals surface area contributed by atoms with Gasteiger partial charge in [0.25, 0.3) is 0 Å². The quantitative estimate of drug-likeness (QED) is 0.298. The van der Waals surface area contributed by atoms with Crippen LogP contribution in [0, 0.1) is 5.92 Å². The van der Waals surface area contributed by atoms with Gasteiger partial charge in [0.15, 0.2) is 0 Å². The first-order valence-electron chi connectivity index (χ1n) is 2.48. The van der Waals surface area contributed by atoms with Gasteiger partial charge in [0.05, 0.1) is 0 Å². The Hall–Kier alpha value is -0.950. The molecule has 0 aliphatic heterocycles. The Balaban J connectivity index is 3.49. The normalized spacial score (nSPS) is 9.88. The molecule has 3 heteroatoms. The summed E-state index contributed by atoms with van der Waals surface area (Å²) in [5, 5.41) is 3.21. The molecule has 0 unspecified atom stereocenters. The molecule has 0 aromatic heterocycles.